The minimum atomic E-state index is -0.106. The molecule has 0 N–H and O–H groups in total. The van der Waals surface area contributed by atoms with Gasteiger partial charge in [-0.05, 0) is 70.6 Å². The first-order chi connectivity index (χ1) is 23.4. The zero-order chi connectivity index (χ0) is 35.3. The topological polar surface area (TPSA) is 78.9 Å². The zero-order valence-electron chi connectivity index (χ0n) is 31.9. The maximum atomic E-state index is 12.7. The summed E-state index contributed by atoms with van der Waals surface area (Å²) in [5.74, 6) is -0.311. The van der Waals surface area contributed by atoms with E-state index in [0.717, 1.165) is 109 Å². The van der Waals surface area contributed by atoms with Gasteiger partial charge in [0.1, 0.15) is 19.3 Å². The van der Waals surface area contributed by atoms with Crippen LogP contribution in [-0.2, 0) is 28.6 Å². The monoisotopic (exact) mass is 677 g/mol. The fourth-order valence-electron chi connectivity index (χ4n) is 5.69. The van der Waals surface area contributed by atoms with Gasteiger partial charge < -0.3 is 14.2 Å². The number of esters is 3. The van der Waals surface area contributed by atoms with Crippen LogP contribution in [0.4, 0.5) is 0 Å². The summed E-state index contributed by atoms with van der Waals surface area (Å²) in [5.41, 5.74) is 0. The molecule has 6 heteroatoms. The molecule has 0 aromatic rings. The molecule has 0 aromatic heterocycles. The molecule has 0 radical (unpaired) electrons. The van der Waals surface area contributed by atoms with Crippen molar-refractivity contribution < 1.29 is 28.6 Å². The lowest BCUT2D eigenvalue weighted by Crippen LogP contribution is -2.23. The average molecular weight is 677 g/mol. The summed E-state index contributed by atoms with van der Waals surface area (Å²) in [6, 6.07) is 0. The van der Waals surface area contributed by atoms with Gasteiger partial charge in [0.2, 0.25) is 0 Å². The average Bonchev–Trinajstić information content (AvgIpc) is 3.08. The second kappa shape index (κ2) is 36.2. The van der Waals surface area contributed by atoms with Gasteiger partial charge in [-0.25, -0.2) is 0 Å². The van der Waals surface area contributed by atoms with E-state index in [0.29, 0.717) is 26.1 Å². The number of allylic oxidation sites excluding steroid dienone is 2. The second-order valence-corrected chi connectivity index (χ2v) is 13.7. The Hall–Kier alpha value is -2.11. The maximum absolute atomic E-state index is 12.7. The molecule has 0 amide bonds. The molecule has 0 rings (SSSR count). The van der Waals surface area contributed by atoms with Gasteiger partial charge >= 0.3 is 17.9 Å². The van der Waals surface area contributed by atoms with E-state index in [4.69, 9.17) is 14.2 Å². The fraction of sp³-hybridized carbons (Fsp3) is 0.833. The van der Waals surface area contributed by atoms with Crippen molar-refractivity contribution in [2.45, 2.75) is 207 Å². The molecule has 0 aliphatic heterocycles. The molecule has 0 aliphatic rings. The van der Waals surface area contributed by atoms with Crippen LogP contribution in [0.3, 0.4) is 0 Å². The normalized spacial score (nSPS) is 12.3. The van der Waals surface area contributed by atoms with Crippen molar-refractivity contribution in [1.29, 1.82) is 0 Å². The SMILES string of the molecule is CCCCCC/C=C\COC(=O)CCCCCCCC(CCCCCCCC(=O)OC/C=C\CCCCCC)OC(=O)C(C)CCCC. The minimum absolute atomic E-state index is 0.0223. The highest BCUT2D eigenvalue weighted by molar-refractivity contribution is 5.72. The standard InChI is InChI=1S/C42H76O6/c1-5-8-11-13-15-23-29-36-46-40(43)34-27-21-17-19-25-32-39(48-42(45)38(4)31-10-7-3)33-26-20-18-22-28-35-41(44)47-37-30-24-16-14-12-9-6-2/h23-24,29-30,38-39H,5-22,25-28,31-37H2,1-4H3/b29-23-,30-24-. The van der Waals surface area contributed by atoms with Crippen molar-refractivity contribution in [1.82, 2.24) is 0 Å². The zero-order valence-corrected chi connectivity index (χ0v) is 31.9. The van der Waals surface area contributed by atoms with Crippen LogP contribution in [0.25, 0.3) is 0 Å². The predicted molar refractivity (Wildman–Crippen MR) is 201 cm³/mol. The van der Waals surface area contributed by atoms with Gasteiger partial charge in [-0.1, -0.05) is 142 Å². The first-order valence-electron chi connectivity index (χ1n) is 20.3. The first kappa shape index (κ1) is 45.9. The lowest BCUT2D eigenvalue weighted by atomic mass is 10.0. The van der Waals surface area contributed by atoms with E-state index in [-0.39, 0.29) is 29.9 Å². The Kier molecular flexibility index (Phi) is 34.6. The molecule has 6 nitrogen and oxygen atoms in total. The third kappa shape index (κ3) is 32.4. The van der Waals surface area contributed by atoms with Crippen molar-refractivity contribution in [3.63, 3.8) is 0 Å². The Balaban J connectivity index is 4.15. The summed E-state index contributed by atoms with van der Waals surface area (Å²) in [7, 11) is 0. The van der Waals surface area contributed by atoms with Crippen LogP contribution in [0.1, 0.15) is 201 Å². The smallest absolute Gasteiger partial charge is 0.308 e. The molecule has 0 aromatic carbocycles. The van der Waals surface area contributed by atoms with Crippen LogP contribution in [-0.4, -0.2) is 37.2 Å². The van der Waals surface area contributed by atoms with Crippen molar-refractivity contribution in [2.24, 2.45) is 5.92 Å². The Labute approximate surface area is 296 Å². The number of hydrogen-bond acceptors (Lipinski definition) is 6. The van der Waals surface area contributed by atoms with E-state index in [1.807, 2.05) is 19.1 Å². The van der Waals surface area contributed by atoms with E-state index in [1.54, 1.807) is 0 Å². The number of hydrogen-bond donors (Lipinski definition) is 0. The molecular formula is C42H76O6. The van der Waals surface area contributed by atoms with E-state index >= 15 is 0 Å². The molecule has 0 spiro atoms. The van der Waals surface area contributed by atoms with Crippen LogP contribution < -0.4 is 0 Å². The molecule has 0 fully saturated rings. The van der Waals surface area contributed by atoms with Gasteiger partial charge in [0.25, 0.3) is 0 Å². The van der Waals surface area contributed by atoms with Gasteiger partial charge in [0, 0.05) is 12.8 Å². The van der Waals surface area contributed by atoms with Gasteiger partial charge in [-0.15, -0.1) is 0 Å². The Morgan fingerprint density at radius 3 is 1.35 bits per heavy atom. The van der Waals surface area contributed by atoms with Crippen LogP contribution in [0.15, 0.2) is 24.3 Å². The third-order valence-corrected chi connectivity index (χ3v) is 8.95. The molecule has 1 unspecified atom stereocenters. The summed E-state index contributed by atoms with van der Waals surface area (Å²) in [5, 5.41) is 0. The van der Waals surface area contributed by atoms with Crippen LogP contribution >= 0.6 is 0 Å². The quantitative estimate of drug-likeness (QED) is 0.0288. The van der Waals surface area contributed by atoms with Crippen LogP contribution in [0, 0.1) is 5.92 Å². The Morgan fingerprint density at radius 2 is 0.896 bits per heavy atom. The number of ether oxygens (including phenoxy) is 3. The van der Waals surface area contributed by atoms with E-state index < -0.39 is 0 Å². The molecule has 0 saturated heterocycles. The largest absolute Gasteiger partial charge is 0.462 e. The number of rotatable bonds is 35. The predicted octanol–water partition coefficient (Wildman–Crippen LogP) is 12.3. The Bertz CT molecular complexity index is 752. The second-order valence-electron chi connectivity index (χ2n) is 13.7. The third-order valence-electron chi connectivity index (χ3n) is 8.95. The molecule has 280 valence electrons. The number of carbonyl (C=O) groups excluding carboxylic acids is 3. The van der Waals surface area contributed by atoms with Crippen molar-refractivity contribution in [3.8, 4) is 0 Å². The van der Waals surface area contributed by atoms with Crippen molar-refractivity contribution in [2.75, 3.05) is 13.2 Å². The lowest BCUT2D eigenvalue weighted by molar-refractivity contribution is -0.154. The van der Waals surface area contributed by atoms with E-state index in [9.17, 15) is 14.4 Å². The highest BCUT2D eigenvalue weighted by Crippen LogP contribution is 2.20. The summed E-state index contributed by atoms with van der Waals surface area (Å²) in [6.45, 7) is 9.34. The van der Waals surface area contributed by atoms with E-state index in [2.05, 4.69) is 32.9 Å². The highest BCUT2D eigenvalue weighted by atomic mass is 16.5. The highest BCUT2D eigenvalue weighted by Gasteiger charge is 2.19. The Morgan fingerprint density at radius 1 is 0.479 bits per heavy atom. The van der Waals surface area contributed by atoms with Crippen molar-refractivity contribution in [3.05, 3.63) is 24.3 Å². The van der Waals surface area contributed by atoms with Gasteiger partial charge in [-0.2, -0.15) is 0 Å². The first-order valence-corrected chi connectivity index (χ1v) is 20.3. The molecule has 0 bridgehead atoms. The van der Waals surface area contributed by atoms with Gasteiger partial charge in [0.15, 0.2) is 0 Å². The minimum Gasteiger partial charge on any atom is -0.462 e. The summed E-state index contributed by atoms with van der Waals surface area (Å²) in [4.78, 5) is 36.7. The molecule has 1 atom stereocenters. The molecule has 48 heavy (non-hydrogen) atoms. The number of unbranched alkanes of at least 4 members (excludes halogenated alkanes) is 17. The van der Waals surface area contributed by atoms with Crippen LogP contribution in [0.2, 0.25) is 0 Å². The molecule has 0 saturated carbocycles. The van der Waals surface area contributed by atoms with E-state index in [1.165, 1.54) is 51.4 Å². The van der Waals surface area contributed by atoms with Crippen molar-refractivity contribution >= 4 is 17.9 Å². The molecule has 0 heterocycles. The fourth-order valence-corrected chi connectivity index (χ4v) is 5.69. The molecule has 0 aliphatic carbocycles. The van der Waals surface area contributed by atoms with Gasteiger partial charge in [0.05, 0.1) is 5.92 Å². The van der Waals surface area contributed by atoms with Gasteiger partial charge in [-0.3, -0.25) is 14.4 Å². The number of carbonyl (C=O) groups is 3. The summed E-state index contributed by atoms with van der Waals surface area (Å²) < 4.78 is 16.7. The molecular weight excluding hydrogens is 600 g/mol. The summed E-state index contributed by atoms with van der Waals surface area (Å²) >= 11 is 0. The lowest BCUT2D eigenvalue weighted by Gasteiger charge is -2.20. The maximum Gasteiger partial charge on any atom is 0.308 e. The summed E-state index contributed by atoms with van der Waals surface area (Å²) in [6.07, 6.45) is 36.2. The van der Waals surface area contributed by atoms with Crippen LogP contribution in [0.5, 0.6) is 0 Å².